The third kappa shape index (κ3) is 3.01. The number of ether oxygens (including phenoxy) is 1. The third-order valence-corrected chi connectivity index (χ3v) is 3.00. The number of carbonyl (C=O) groups is 1. The molecular formula is C12H16N2O3. The Morgan fingerprint density at radius 2 is 2.53 bits per heavy atom. The summed E-state index contributed by atoms with van der Waals surface area (Å²) in [6.07, 6.45) is 2.57. The Morgan fingerprint density at radius 1 is 1.71 bits per heavy atom. The standard InChI is InChI=1S/C12H16N2O3/c1-14(10-3-5-17-8-10)7-9-2-4-13-11(6-9)12(15)16/h2,4,6,10H,3,5,7-8H2,1H3,(H,15,16). The summed E-state index contributed by atoms with van der Waals surface area (Å²) in [5, 5.41) is 8.86. The Labute approximate surface area is 100 Å². The van der Waals surface area contributed by atoms with Crippen LogP contribution in [0.25, 0.3) is 0 Å². The van der Waals surface area contributed by atoms with Gasteiger partial charge in [0.05, 0.1) is 6.61 Å². The van der Waals surface area contributed by atoms with Crippen molar-refractivity contribution < 1.29 is 14.6 Å². The van der Waals surface area contributed by atoms with Crippen LogP contribution in [0.4, 0.5) is 0 Å². The van der Waals surface area contributed by atoms with Gasteiger partial charge in [0.25, 0.3) is 0 Å². The summed E-state index contributed by atoms with van der Waals surface area (Å²) in [6, 6.07) is 3.89. The summed E-state index contributed by atoms with van der Waals surface area (Å²) in [4.78, 5) is 16.8. The molecule has 1 aromatic heterocycles. The summed E-state index contributed by atoms with van der Waals surface area (Å²) in [6.45, 7) is 2.29. The highest BCUT2D eigenvalue weighted by Crippen LogP contribution is 2.14. The SMILES string of the molecule is CN(Cc1ccnc(C(=O)O)c1)C1CCOC1. The zero-order valence-corrected chi connectivity index (χ0v) is 9.80. The lowest BCUT2D eigenvalue weighted by atomic mass is 10.1. The molecule has 0 saturated carbocycles. The fourth-order valence-electron chi connectivity index (χ4n) is 1.98. The number of likely N-dealkylation sites (N-methyl/N-ethyl adjacent to an activating group) is 1. The maximum atomic E-state index is 10.8. The molecule has 0 aromatic carbocycles. The highest BCUT2D eigenvalue weighted by molar-refractivity contribution is 5.85. The first-order valence-corrected chi connectivity index (χ1v) is 5.63. The van der Waals surface area contributed by atoms with Gasteiger partial charge in [0.15, 0.2) is 0 Å². The lowest BCUT2D eigenvalue weighted by molar-refractivity contribution is 0.0690. The van der Waals surface area contributed by atoms with E-state index in [2.05, 4.69) is 9.88 Å². The minimum Gasteiger partial charge on any atom is -0.477 e. The fourth-order valence-corrected chi connectivity index (χ4v) is 1.98. The Kier molecular flexibility index (Phi) is 3.71. The molecule has 1 unspecified atom stereocenters. The molecule has 2 rings (SSSR count). The molecule has 5 heteroatoms. The van der Waals surface area contributed by atoms with E-state index in [1.54, 1.807) is 6.07 Å². The normalized spacial score (nSPS) is 19.8. The van der Waals surface area contributed by atoms with Crippen LogP contribution in [-0.4, -0.2) is 47.3 Å². The minimum absolute atomic E-state index is 0.0959. The first kappa shape index (κ1) is 12.0. The molecule has 92 valence electrons. The molecular weight excluding hydrogens is 220 g/mol. The highest BCUT2D eigenvalue weighted by Gasteiger charge is 2.20. The number of nitrogens with zero attached hydrogens (tertiary/aromatic N) is 2. The lowest BCUT2D eigenvalue weighted by Crippen LogP contribution is -2.31. The summed E-state index contributed by atoms with van der Waals surface area (Å²) < 4.78 is 5.33. The van der Waals surface area contributed by atoms with Gasteiger partial charge in [0.2, 0.25) is 0 Å². The summed E-state index contributed by atoms with van der Waals surface area (Å²) in [7, 11) is 2.03. The highest BCUT2D eigenvalue weighted by atomic mass is 16.5. The van der Waals surface area contributed by atoms with Gasteiger partial charge >= 0.3 is 5.97 Å². The van der Waals surface area contributed by atoms with Crippen molar-refractivity contribution in [3.63, 3.8) is 0 Å². The van der Waals surface area contributed by atoms with Crippen molar-refractivity contribution in [3.05, 3.63) is 29.6 Å². The van der Waals surface area contributed by atoms with Gasteiger partial charge in [-0.05, 0) is 31.2 Å². The molecule has 5 nitrogen and oxygen atoms in total. The van der Waals surface area contributed by atoms with Crippen LogP contribution < -0.4 is 0 Å². The second-order valence-corrected chi connectivity index (χ2v) is 4.29. The summed E-state index contributed by atoms with van der Waals surface area (Å²) in [5.74, 6) is -0.987. The second-order valence-electron chi connectivity index (χ2n) is 4.29. The van der Waals surface area contributed by atoms with Crippen molar-refractivity contribution in [2.45, 2.75) is 19.0 Å². The Morgan fingerprint density at radius 3 is 3.18 bits per heavy atom. The zero-order chi connectivity index (χ0) is 12.3. The monoisotopic (exact) mass is 236 g/mol. The predicted molar refractivity (Wildman–Crippen MR) is 61.9 cm³/mol. The van der Waals surface area contributed by atoms with E-state index >= 15 is 0 Å². The van der Waals surface area contributed by atoms with E-state index in [-0.39, 0.29) is 5.69 Å². The van der Waals surface area contributed by atoms with Crippen molar-refractivity contribution >= 4 is 5.97 Å². The average molecular weight is 236 g/mol. The van der Waals surface area contributed by atoms with Gasteiger partial charge in [-0.2, -0.15) is 0 Å². The van der Waals surface area contributed by atoms with E-state index in [0.717, 1.165) is 31.7 Å². The van der Waals surface area contributed by atoms with Crippen molar-refractivity contribution in [1.82, 2.24) is 9.88 Å². The zero-order valence-electron chi connectivity index (χ0n) is 9.80. The van der Waals surface area contributed by atoms with Gasteiger partial charge in [0.1, 0.15) is 5.69 Å². The van der Waals surface area contributed by atoms with Crippen LogP contribution in [-0.2, 0) is 11.3 Å². The number of rotatable bonds is 4. The van der Waals surface area contributed by atoms with Gasteiger partial charge in [-0.3, -0.25) is 4.90 Å². The van der Waals surface area contributed by atoms with Crippen molar-refractivity contribution in [2.24, 2.45) is 0 Å². The van der Waals surface area contributed by atoms with Crippen LogP contribution in [0.5, 0.6) is 0 Å². The molecule has 17 heavy (non-hydrogen) atoms. The van der Waals surface area contributed by atoms with Crippen LogP contribution in [0.2, 0.25) is 0 Å². The molecule has 1 aromatic rings. The number of aromatic carboxylic acids is 1. The van der Waals surface area contributed by atoms with E-state index in [0.29, 0.717) is 6.04 Å². The van der Waals surface area contributed by atoms with Crippen LogP contribution in [0, 0.1) is 0 Å². The number of aromatic nitrogens is 1. The summed E-state index contributed by atoms with van der Waals surface area (Å²) >= 11 is 0. The topological polar surface area (TPSA) is 62.7 Å². The molecule has 1 atom stereocenters. The van der Waals surface area contributed by atoms with Crippen LogP contribution >= 0.6 is 0 Å². The molecule has 0 bridgehead atoms. The van der Waals surface area contributed by atoms with E-state index in [1.165, 1.54) is 6.20 Å². The number of carboxylic acid groups (broad SMARTS) is 1. The minimum atomic E-state index is -0.987. The molecule has 1 saturated heterocycles. The third-order valence-electron chi connectivity index (χ3n) is 3.00. The largest absolute Gasteiger partial charge is 0.477 e. The number of hydrogen-bond donors (Lipinski definition) is 1. The molecule has 0 spiro atoms. The Balaban J connectivity index is 2.02. The molecule has 1 aliphatic rings. The van der Waals surface area contributed by atoms with Gasteiger partial charge in [-0.15, -0.1) is 0 Å². The molecule has 1 aliphatic heterocycles. The predicted octanol–water partition coefficient (Wildman–Crippen LogP) is 1.00. The van der Waals surface area contributed by atoms with Crippen molar-refractivity contribution in [2.75, 3.05) is 20.3 Å². The maximum absolute atomic E-state index is 10.8. The molecule has 0 aliphatic carbocycles. The van der Waals surface area contributed by atoms with E-state index in [4.69, 9.17) is 9.84 Å². The fraction of sp³-hybridized carbons (Fsp3) is 0.500. The van der Waals surface area contributed by atoms with E-state index < -0.39 is 5.97 Å². The van der Waals surface area contributed by atoms with Crippen molar-refractivity contribution in [3.8, 4) is 0 Å². The Bertz CT molecular complexity index is 402. The van der Waals surface area contributed by atoms with Gasteiger partial charge in [-0.25, -0.2) is 9.78 Å². The molecule has 0 amide bonds. The number of pyridine rings is 1. The first-order valence-electron chi connectivity index (χ1n) is 5.63. The summed E-state index contributed by atoms with van der Waals surface area (Å²) in [5.41, 5.74) is 1.06. The molecule has 2 heterocycles. The average Bonchev–Trinajstić information content (AvgIpc) is 2.82. The maximum Gasteiger partial charge on any atom is 0.354 e. The second kappa shape index (κ2) is 5.25. The van der Waals surface area contributed by atoms with Gasteiger partial charge in [-0.1, -0.05) is 0 Å². The van der Waals surface area contributed by atoms with Crippen LogP contribution in [0.1, 0.15) is 22.5 Å². The van der Waals surface area contributed by atoms with E-state index in [9.17, 15) is 4.79 Å². The molecule has 0 radical (unpaired) electrons. The van der Waals surface area contributed by atoms with Gasteiger partial charge < -0.3 is 9.84 Å². The number of carboxylic acids is 1. The van der Waals surface area contributed by atoms with Crippen LogP contribution in [0.3, 0.4) is 0 Å². The van der Waals surface area contributed by atoms with Gasteiger partial charge in [0, 0.05) is 25.4 Å². The molecule has 1 fully saturated rings. The van der Waals surface area contributed by atoms with Crippen LogP contribution in [0.15, 0.2) is 18.3 Å². The van der Waals surface area contributed by atoms with Crippen molar-refractivity contribution in [1.29, 1.82) is 0 Å². The molecule has 1 N–H and O–H groups in total. The first-order chi connectivity index (χ1) is 8.16. The smallest absolute Gasteiger partial charge is 0.354 e. The number of hydrogen-bond acceptors (Lipinski definition) is 4. The Hall–Kier alpha value is -1.46. The lowest BCUT2D eigenvalue weighted by Gasteiger charge is -2.22. The van der Waals surface area contributed by atoms with E-state index in [1.807, 2.05) is 13.1 Å². The quantitative estimate of drug-likeness (QED) is 0.845.